The van der Waals surface area contributed by atoms with Crippen molar-refractivity contribution in [2.45, 2.75) is 12.8 Å². The van der Waals surface area contributed by atoms with Gasteiger partial charge in [-0.2, -0.15) is 0 Å². The van der Waals surface area contributed by atoms with Crippen LogP contribution in [0.15, 0.2) is 18.2 Å². The number of hydrogen-bond donors (Lipinski definition) is 1. The first-order chi connectivity index (χ1) is 7.74. The third-order valence-corrected chi connectivity index (χ3v) is 3.21. The van der Waals surface area contributed by atoms with Gasteiger partial charge in [-0.3, -0.25) is 4.79 Å². The Labute approximate surface area is 113 Å². The van der Waals surface area contributed by atoms with Gasteiger partial charge < -0.3 is 10.2 Å². The van der Waals surface area contributed by atoms with Crippen LogP contribution in [0, 0.1) is 0 Å². The van der Waals surface area contributed by atoms with Gasteiger partial charge in [-0.15, -0.1) is 12.4 Å². The number of nitrogens with one attached hydrogen (secondary N) is 1. The van der Waals surface area contributed by atoms with Crippen LogP contribution in [0.1, 0.15) is 12.0 Å². The molecule has 1 amide bonds. The number of halogens is 2. The van der Waals surface area contributed by atoms with Crippen LogP contribution in [0.3, 0.4) is 0 Å². The highest BCUT2D eigenvalue weighted by Crippen LogP contribution is 2.33. The number of carbonyl (C=O) groups excluding carboxylic acids is 1. The van der Waals surface area contributed by atoms with Crippen molar-refractivity contribution in [1.82, 2.24) is 5.32 Å². The highest BCUT2D eigenvalue weighted by atomic mass is 35.5. The maximum atomic E-state index is 11.9. The SMILES string of the molecule is CNCCC(=O)N1CCc2c(Cl)cccc21.Cl. The average Bonchev–Trinajstić information content (AvgIpc) is 2.71. The summed E-state index contributed by atoms with van der Waals surface area (Å²) in [7, 11) is 1.85. The van der Waals surface area contributed by atoms with Gasteiger partial charge in [-0.1, -0.05) is 17.7 Å². The summed E-state index contributed by atoms with van der Waals surface area (Å²) in [6, 6.07) is 5.73. The maximum absolute atomic E-state index is 11.9. The molecule has 5 heteroatoms. The molecule has 3 nitrogen and oxygen atoms in total. The number of fused-ring (bicyclic) bond motifs is 1. The first-order valence-electron chi connectivity index (χ1n) is 5.46. The number of hydrogen-bond acceptors (Lipinski definition) is 2. The van der Waals surface area contributed by atoms with Gasteiger partial charge in [0.1, 0.15) is 0 Å². The predicted molar refractivity (Wildman–Crippen MR) is 73.3 cm³/mol. The normalized spacial score (nSPS) is 13.2. The largest absolute Gasteiger partial charge is 0.319 e. The zero-order valence-corrected chi connectivity index (χ0v) is 11.3. The maximum Gasteiger partial charge on any atom is 0.228 e. The number of rotatable bonds is 3. The second-order valence-corrected chi connectivity index (χ2v) is 4.29. The van der Waals surface area contributed by atoms with Crippen LogP contribution in [0.25, 0.3) is 0 Å². The Morgan fingerprint density at radius 2 is 2.29 bits per heavy atom. The van der Waals surface area contributed by atoms with E-state index in [1.54, 1.807) is 0 Å². The molecule has 0 unspecified atom stereocenters. The van der Waals surface area contributed by atoms with Crippen LogP contribution >= 0.6 is 24.0 Å². The number of carbonyl (C=O) groups is 1. The quantitative estimate of drug-likeness (QED) is 0.917. The molecule has 94 valence electrons. The van der Waals surface area contributed by atoms with Crippen molar-refractivity contribution in [1.29, 1.82) is 0 Å². The van der Waals surface area contributed by atoms with E-state index in [4.69, 9.17) is 11.6 Å². The van der Waals surface area contributed by atoms with Crippen molar-refractivity contribution in [3.63, 3.8) is 0 Å². The molecule has 0 aromatic heterocycles. The molecule has 0 fully saturated rings. The first-order valence-corrected chi connectivity index (χ1v) is 5.84. The molecule has 1 aliphatic heterocycles. The second-order valence-electron chi connectivity index (χ2n) is 3.89. The van der Waals surface area contributed by atoms with Crippen LogP contribution in [-0.2, 0) is 11.2 Å². The molecular formula is C12H16Cl2N2O. The Kier molecular flexibility index (Phi) is 5.25. The van der Waals surface area contributed by atoms with Gasteiger partial charge in [-0.05, 0) is 31.2 Å². The monoisotopic (exact) mass is 274 g/mol. The molecule has 0 radical (unpaired) electrons. The summed E-state index contributed by atoms with van der Waals surface area (Å²) in [5, 5.41) is 3.75. The van der Waals surface area contributed by atoms with E-state index in [9.17, 15) is 4.79 Å². The molecule has 1 aromatic carbocycles. The van der Waals surface area contributed by atoms with E-state index in [0.717, 1.165) is 29.2 Å². The second kappa shape index (κ2) is 6.24. The minimum atomic E-state index is 0. The summed E-state index contributed by atoms with van der Waals surface area (Å²) in [6.07, 6.45) is 1.39. The highest BCUT2D eigenvalue weighted by molar-refractivity contribution is 6.32. The van der Waals surface area contributed by atoms with Gasteiger partial charge in [0.2, 0.25) is 5.91 Å². The molecule has 17 heavy (non-hydrogen) atoms. The Bertz CT molecular complexity index is 409. The molecular weight excluding hydrogens is 259 g/mol. The fourth-order valence-corrected chi connectivity index (χ4v) is 2.28. The first kappa shape index (κ1) is 14.3. The fraction of sp³-hybridized carbons (Fsp3) is 0.417. The van der Waals surface area contributed by atoms with Gasteiger partial charge in [0.15, 0.2) is 0 Å². The van der Waals surface area contributed by atoms with Crippen molar-refractivity contribution in [2.24, 2.45) is 0 Å². The standard InChI is InChI=1S/C12H15ClN2O.ClH/c1-14-7-5-12(16)15-8-6-9-10(13)3-2-4-11(9)15;/h2-4,14H,5-8H2,1H3;1H. The lowest BCUT2D eigenvalue weighted by atomic mass is 10.2. The topological polar surface area (TPSA) is 32.3 Å². The van der Waals surface area contributed by atoms with E-state index in [1.807, 2.05) is 30.1 Å². The molecule has 0 atom stereocenters. The van der Waals surface area contributed by atoms with E-state index < -0.39 is 0 Å². The summed E-state index contributed by atoms with van der Waals surface area (Å²) in [5.41, 5.74) is 2.08. The summed E-state index contributed by atoms with van der Waals surface area (Å²) in [5.74, 6) is 0.162. The Balaban J connectivity index is 0.00000144. The van der Waals surface area contributed by atoms with Crippen molar-refractivity contribution < 1.29 is 4.79 Å². The predicted octanol–water partition coefficient (Wildman–Crippen LogP) is 2.26. The number of nitrogens with zero attached hydrogens (tertiary/aromatic N) is 1. The lowest BCUT2D eigenvalue weighted by Crippen LogP contribution is -2.31. The van der Waals surface area contributed by atoms with Crippen molar-refractivity contribution in [2.75, 3.05) is 25.0 Å². The number of anilines is 1. The minimum Gasteiger partial charge on any atom is -0.319 e. The van der Waals surface area contributed by atoms with E-state index >= 15 is 0 Å². The highest BCUT2D eigenvalue weighted by Gasteiger charge is 2.25. The summed E-state index contributed by atoms with van der Waals surface area (Å²) < 4.78 is 0. The van der Waals surface area contributed by atoms with Crippen molar-refractivity contribution in [3.05, 3.63) is 28.8 Å². The van der Waals surface area contributed by atoms with Crippen LogP contribution in [-0.4, -0.2) is 26.0 Å². The molecule has 0 saturated carbocycles. The summed E-state index contributed by atoms with van der Waals surface area (Å²) >= 11 is 6.09. The Morgan fingerprint density at radius 1 is 1.53 bits per heavy atom. The third-order valence-electron chi connectivity index (χ3n) is 2.86. The number of amides is 1. The van der Waals surface area contributed by atoms with Crippen molar-refractivity contribution in [3.8, 4) is 0 Å². The van der Waals surface area contributed by atoms with Gasteiger partial charge in [0, 0.05) is 30.2 Å². The smallest absolute Gasteiger partial charge is 0.228 e. The van der Waals surface area contributed by atoms with Crippen LogP contribution in [0.2, 0.25) is 5.02 Å². The lowest BCUT2D eigenvalue weighted by molar-refractivity contribution is -0.118. The van der Waals surface area contributed by atoms with Crippen LogP contribution in [0.4, 0.5) is 5.69 Å². The minimum absolute atomic E-state index is 0. The molecule has 0 bridgehead atoms. The van der Waals surface area contributed by atoms with E-state index in [0.29, 0.717) is 13.0 Å². The molecule has 0 saturated heterocycles. The number of benzene rings is 1. The van der Waals surface area contributed by atoms with Gasteiger partial charge in [-0.25, -0.2) is 0 Å². The molecule has 0 spiro atoms. The summed E-state index contributed by atoms with van der Waals surface area (Å²) in [6.45, 7) is 1.47. The Hall–Kier alpha value is -0.770. The molecule has 1 aliphatic rings. The summed E-state index contributed by atoms with van der Waals surface area (Å²) in [4.78, 5) is 13.8. The van der Waals surface area contributed by atoms with E-state index in [2.05, 4.69) is 5.32 Å². The van der Waals surface area contributed by atoms with E-state index in [1.165, 1.54) is 0 Å². The van der Waals surface area contributed by atoms with Crippen LogP contribution in [0.5, 0.6) is 0 Å². The zero-order valence-electron chi connectivity index (χ0n) is 9.70. The lowest BCUT2D eigenvalue weighted by Gasteiger charge is -2.17. The molecule has 1 heterocycles. The van der Waals surface area contributed by atoms with Gasteiger partial charge >= 0.3 is 0 Å². The van der Waals surface area contributed by atoms with Crippen molar-refractivity contribution >= 4 is 35.6 Å². The van der Waals surface area contributed by atoms with E-state index in [-0.39, 0.29) is 18.3 Å². The van der Waals surface area contributed by atoms with Gasteiger partial charge in [0.05, 0.1) is 0 Å². The average molecular weight is 275 g/mol. The molecule has 2 rings (SSSR count). The molecule has 1 aromatic rings. The third kappa shape index (κ3) is 2.92. The van der Waals surface area contributed by atoms with Crippen LogP contribution < -0.4 is 10.2 Å². The zero-order chi connectivity index (χ0) is 11.5. The molecule has 0 aliphatic carbocycles. The molecule has 1 N–H and O–H groups in total. The van der Waals surface area contributed by atoms with Gasteiger partial charge in [0.25, 0.3) is 0 Å². The Morgan fingerprint density at radius 3 is 3.00 bits per heavy atom. The fourth-order valence-electron chi connectivity index (χ4n) is 2.02.